The van der Waals surface area contributed by atoms with E-state index < -0.39 is 0 Å². The van der Waals surface area contributed by atoms with Crippen molar-refractivity contribution in [2.75, 3.05) is 11.9 Å². The van der Waals surface area contributed by atoms with Gasteiger partial charge >= 0.3 is 0 Å². The first-order valence-corrected chi connectivity index (χ1v) is 8.10. The van der Waals surface area contributed by atoms with Crippen LogP contribution in [0.25, 0.3) is 0 Å². The Hall–Kier alpha value is -1.73. The van der Waals surface area contributed by atoms with E-state index in [1.165, 1.54) is 22.5 Å². The number of hydrogen-bond donors (Lipinski definition) is 0. The molecule has 0 fully saturated rings. The van der Waals surface area contributed by atoms with Crippen molar-refractivity contribution in [3.8, 4) is 0 Å². The third-order valence-corrected chi connectivity index (χ3v) is 5.34. The zero-order chi connectivity index (χ0) is 15.9. The Morgan fingerprint density at radius 1 is 1.18 bits per heavy atom. The molecular formula is C20H22ClN. The van der Waals surface area contributed by atoms with Crippen LogP contribution in [0.4, 0.5) is 5.69 Å². The van der Waals surface area contributed by atoms with Crippen LogP contribution in [-0.2, 0) is 5.41 Å². The van der Waals surface area contributed by atoms with E-state index in [-0.39, 0.29) is 5.41 Å². The highest BCUT2D eigenvalue weighted by Gasteiger charge is 2.37. The molecule has 0 saturated heterocycles. The summed E-state index contributed by atoms with van der Waals surface area (Å²) >= 11 is 6.42. The number of allylic oxidation sites excluding steroid dienone is 7. The Labute approximate surface area is 138 Å². The van der Waals surface area contributed by atoms with Crippen molar-refractivity contribution >= 4 is 17.3 Å². The molecule has 2 aliphatic rings. The number of likely N-dealkylation sites (N-methyl/N-ethyl adjacent to an activating group) is 1. The van der Waals surface area contributed by atoms with Crippen molar-refractivity contribution in [2.45, 2.75) is 32.1 Å². The van der Waals surface area contributed by atoms with Gasteiger partial charge in [0, 0.05) is 28.9 Å². The van der Waals surface area contributed by atoms with Crippen molar-refractivity contribution in [3.05, 3.63) is 76.5 Å². The van der Waals surface area contributed by atoms with E-state index in [1.54, 1.807) is 0 Å². The lowest BCUT2D eigenvalue weighted by Gasteiger charge is -2.23. The van der Waals surface area contributed by atoms with Gasteiger partial charge in [0.05, 0.1) is 0 Å². The summed E-state index contributed by atoms with van der Waals surface area (Å²) in [5.41, 5.74) is 6.35. The molecule has 114 valence electrons. The first kappa shape index (κ1) is 15.2. The molecule has 0 spiro atoms. The molecule has 0 radical (unpaired) electrons. The standard InChI is InChI=1S/C20H22ClN/c1-5-14-10-11-15(19(14)21)12-13-18-20(2,3)16-8-6-7-9-17(16)22(18)4/h5-9,12-13H,1,10-11H2,2-4H3/b15-12-,18-13-. The zero-order valence-corrected chi connectivity index (χ0v) is 14.2. The summed E-state index contributed by atoms with van der Waals surface area (Å²) in [5, 5.41) is 0.878. The van der Waals surface area contributed by atoms with Gasteiger partial charge in [0.25, 0.3) is 0 Å². The SMILES string of the molecule is C=CC1=C(Cl)/C(=C\C=C2/N(C)c3ccccc3C2(C)C)CC1. The highest BCUT2D eigenvalue weighted by Crippen LogP contribution is 2.46. The molecule has 0 amide bonds. The average Bonchev–Trinajstić information content (AvgIpc) is 2.95. The Morgan fingerprint density at radius 2 is 1.91 bits per heavy atom. The monoisotopic (exact) mass is 311 g/mol. The van der Waals surface area contributed by atoms with Gasteiger partial charge in [-0.1, -0.05) is 62.4 Å². The Bertz CT molecular complexity index is 719. The lowest BCUT2D eigenvalue weighted by molar-refractivity contribution is 0.640. The van der Waals surface area contributed by atoms with Crippen LogP contribution in [0.2, 0.25) is 0 Å². The fourth-order valence-electron chi connectivity index (χ4n) is 3.52. The summed E-state index contributed by atoms with van der Waals surface area (Å²) in [5.74, 6) is 0. The van der Waals surface area contributed by atoms with Crippen molar-refractivity contribution in [1.82, 2.24) is 0 Å². The van der Waals surface area contributed by atoms with Crippen LogP contribution in [0.1, 0.15) is 32.3 Å². The Morgan fingerprint density at radius 3 is 2.55 bits per heavy atom. The van der Waals surface area contributed by atoms with Crippen LogP contribution in [0.3, 0.4) is 0 Å². The number of fused-ring (bicyclic) bond motifs is 1. The normalized spacial score (nSPS) is 23.5. The minimum atomic E-state index is 0.0124. The maximum absolute atomic E-state index is 6.42. The molecule has 0 N–H and O–H groups in total. The minimum Gasteiger partial charge on any atom is -0.347 e. The second kappa shape index (κ2) is 5.48. The number of nitrogens with zero attached hydrogens (tertiary/aromatic N) is 1. The first-order chi connectivity index (χ1) is 10.5. The van der Waals surface area contributed by atoms with E-state index in [9.17, 15) is 0 Å². The number of halogens is 1. The van der Waals surface area contributed by atoms with Gasteiger partial charge in [0.2, 0.25) is 0 Å². The van der Waals surface area contributed by atoms with Gasteiger partial charge < -0.3 is 4.90 Å². The van der Waals surface area contributed by atoms with E-state index in [0.717, 1.165) is 23.4 Å². The Kier molecular flexibility index (Phi) is 3.78. The van der Waals surface area contributed by atoms with Gasteiger partial charge in [-0.3, -0.25) is 0 Å². The molecule has 1 aromatic carbocycles. The van der Waals surface area contributed by atoms with Gasteiger partial charge in [0.1, 0.15) is 0 Å². The molecular weight excluding hydrogens is 290 g/mol. The second-order valence-corrected chi connectivity index (χ2v) is 6.87. The van der Waals surface area contributed by atoms with Crippen LogP contribution in [0, 0.1) is 0 Å². The van der Waals surface area contributed by atoms with Crippen LogP contribution < -0.4 is 4.90 Å². The quantitative estimate of drug-likeness (QED) is 0.677. The van der Waals surface area contributed by atoms with Gasteiger partial charge in [0.15, 0.2) is 0 Å². The topological polar surface area (TPSA) is 3.24 Å². The summed E-state index contributed by atoms with van der Waals surface area (Å²) in [6.07, 6.45) is 8.28. The fraction of sp³-hybridized carbons (Fsp3) is 0.300. The molecule has 1 aliphatic heterocycles. The van der Waals surface area contributed by atoms with E-state index in [4.69, 9.17) is 11.6 Å². The maximum Gasteiger partial charge on any atom is 0.0470 e. The molecule has 22 heavy (non-hydrogen) atoms. The van der Waals surface area contributed by atoms with Crippen LogP contribution >= 0.6 is 11.6 Å². The molecule has 2 heteroatoms. The van der Waals surface area contributed by atoms with Crippen LogP contribution in [0.15, 0.2) is 70.9 Å². The predicted molar refractivity (Wildman–Crippen MR) is 96.3 cm³/mol. The summed E-state index contributed by atoms with van der Waals surface area (Å²) in [6.45, 7) is 8.39. The minimum absolute atomic E-state index is 0.0124. The molecule has 3 rings (SSSR count). The molecule has 1 aromatic rings. The average molecular weight is 312 g/mol. The van der Waals surface area contributed by atoms with Crippen LogP contribution in [0.5, 0.6) is 0 Å². The Balaban J connectivity index is 2.00. The number of hydrogen-bond acceptors (Lipinski definition) is 1. The predicted octanol–water partition coefficient (Wildman–Crippen LogP) is 5.70. The third-order valence-electron chi connectivity index (χ3n) is 4.86. The summed E-state index contributed by atoms with van der Waals surface area (Å²) in [4.78, 5) is 2.29. The largest absolute Gasteiger partial charge is 0.347 e. The highest BCUT2D eigenvalue weighted by atomic mass is 35.5. The molecule has 1 aliphatic carbocycles. The van der Waals surface area contributed by atoms with Gasteiger partial charge in [-0.25, -0.2) is 0 Å². The molecule has 0 unspecified atom stereocenters. The van der Waals surface area contributed by atoms with Gasteiger partial charge in [-0.2, -0.15) is 0 Å². The number of anilines is 1. The highest BCUT2D eigenvalue weighted by molar-refractivity contribution is 6.32. The van der Waals surface area contributed by atoms with Crippen molar-refractivity contribution in [3.63, 3.8) is 0 Å². The summed E-state index contributed by atoms with van der Waals surface area (Å²) < 4.78 is 0. The zero-order valence-electron chi connectivity index (χ0n) is 13.5. The maximum atomic E-state index is 6.42. The smallest absolute Gasteiger partial charge is 0.0470 e. The first-order valence-electron chi connectivity index (χ1n) is 7.73. The summed E-state index contributed by atoms with van der Waals surface area (Å²) in [7, 11) is 2.14. The van der Waals surface area contributed by atoms with Gasteiger partial charge in [-0.15, -0.1) is 0 Å². The lowest BCUT2D eigenvalue weighted by atomic mass is 9.83. The molecule has 0 atom stereocenters. The molecule has 1 nitrogen and oxygen atoms in total. The third kappa shape index (κ3) is 2.24. The fourth-order valence-corrected chi connectivity index (χ4v) is 3.85. The molecule has 0 saturated carbocycles. The van der Waals surface area contributed by atoms with E-state index in [0.29, 0.717) is 0 Å². The number of para-hydroxylation sites is 1. The molecule has 0 bridgehead atoms. The van der Waals surface area contributed by atoms with Crippen molar-refractivity contribution in [1.29, 1.82) is 0 Å². The molecule has 1 heterocycles. The van der Waals surface area contributed by atoms with Gasteiger partial charge in [-0.05, 0) is 41.7 Å². The molecule has 0 aromatic heterocycles. The second-order valence-electron chi connectivity index (χ2n) is 6.49. The number of benzene rings is 1. The number of rotatable bonds is 2. The van der Waals surface area contributed by atoms with Crippen LogP contribution in [-0.4, -0.2) is 7.05 Å². The van der Waals surface area contributed by atoms with E-state index in [1.807, 2.05) is 6.08 Å². The van der Waals surface area contributed by atoms with Crippen molar-refractivity contribution < 1.29 is 0 Å². The van der Waals surface area contributed by atoms with Crippen molar-refractivity contribution in [2.24, 2.45) is 0 Å². The van der Waals surface area contributed by atoms with E-state index in [2.05, 4.69) is 68.8 Å². The lowest BCUT2D eigenvalue weighted by Crippen LogP contribution is -2.22. The summed E-state index contributed by atoms with van der Waals surface area (Å²) in [6, 6.07) is 8.62. The van der Waals surface area contributed by atoms with E-state index >= 15 is 0 Å².